The van der Waals surface area contributed by atoms with E-state index in [-0.39, 0.29) is 19.2 Å². The molecular weight excluding hydrogens is 488 g/mol. The maximum Gasteiger partial charge on any atom is 0.412 e. The van der Waals surface area contributed by atoms with Gasteiger partial charge in [-0.1, -0.05) is 6.92 Å². The molecule has 0 unspecified atom stereocenters. The zero-order valence-electron chi connectivity index (χ0n) is 21.7. The molecule has 11 heteroatoms. The third-order valence-electron chi connectivity index (χ3n) is 6.39. The van der Waals surface area contributed by atoms with Crippen LogP contribution in [0.2, 0.25) is 0 Å². The van der Waals surface area contributed by atoms with E-state index in [4.69, 9.17) is 4.74 Å². The number of carbonyl (C=O) groups is 2. The Labute approximate surface area is 221 Å². The number of hydrogen-bond donors (Lipinski definition) is 4. The van der Waals surface area contributed by atoms with Crippen LogP contribution in [0.3, 0.4) is 0 Å². The number of aliphatic hydroxyl groups excluding tert-OH is 1. The molecule has 1 aliphatic carbocycles. The van der Waals surface area contributed by atoms with Crippen molar-refractivity contribution in [1.29, 1.82) is 0 Å². The van der Waals surface area contributed by atoms with Crippen molar-refractivity contribution >= 4 is 23.6 Å². The van der Waals surface area contributed by atoms with Gasteiger partial charge in [0.1, 0.15) is 12.4 Å². The molecule has 0 radical (unpaired) electrons. The van der Waals surface area contributed by atoms with Crippen molar-refractivity contribution in [1.82, 2.24) is 20.3 Å². The van der Waals surface area contributed by atoms with E-state index in [0.717, 1.165) is 23.2 Å². The lowest BCUT2D eigenvalue weighted by Crippen LogP contribution is -2.30. The van der Waals surface area contributed by atoms with Crippen LogP contribution in [-0.4, -0.2) is 59.1 Å². The summed E-state index contributed by atoms with van der Waals surface area (Å²) >= 11 is 0. The first kappa shape index (κ1) is 26.8. The third kappa shape index (κ3) is 7.16. The van der Waals surface area contributed by atoms with Crippen molar-refractivity contribution < 1.29 is 24.2 Å². The number of carbonyl (C=O) groups excluding carboxylic acids is 2. The van der Waals surface area contributed by atoms with Crippen LogP contribution in [0, 0.1) is 12.3 Å². The van der Waals surface area contributed by atoms with Gasteiger partial charge in [0.25, 0.3) is 0 Å². The van der Waals surface area contributed by atoms with Crippen LogP contribution >= 0.6 is 0 Å². The maximum atomic E-state index is 12.4. The molecule has 3 aromatic heterocycles. The van der Waals surface area contributed by atoms with Gasteiger partial charge in [0.05, 0.1) is 31.3 Å². The van der Waals surface area contributed by atoms with Crippen LogP contribution in [0.5, 0.6) is 5.88 Å². The number of amides is 3. The van der Waals surface area contributed by atoms with Crippen molar-refractivity contribution in [2.24, 2.45) is 5.41 Å². The topological polar surface area (TPSA) is 148 Å². The minimum absolute atomic E-state index is 0.0689. The van der Waals surface area contributed by atoms with Gasteiger partial charge in [0.2, 0.25) is 5.88 Å². The van der Waals surface area contributed by atoms with Crippen LogP contribution in [-0.2, 0) is 4.74 Å². The summed E-state index contributed by atoms with van der Waals surface area (Å²) in [6.45, 7) is 4.62. The highest BCUT2D eigenvalue weighted by molar-refractivity contribution is 5.90. The quantitative estimate of drug-likeness (QED) is 0.308. The van der Waals surface area contributed by atoms with E-state index < -0.39 is 6.09 Å². The number of hydrogen-bond acceptors (Lipinski definition) is 8. The summed E-state index contributed by atoms with van der Waals surface area (Å²) in [6.07, 6.45) is 5.90. The number of pyridine rings is 3. The minimum atomic E-state index is -0.639. The molecule has 0 spiro atoms. The normalized spacial score (nSPS) is 13.4. The molecular formula is C27H32N6O5. The smallest absolute Gasteiger partial charge is 0.412 e. The number of urea groups is 1. The monoisotopic (exact) mass is 520 g/mol. The highest BCUT2D eigenvalue weighted by Gasteiger charge is 2.36. The fourth-order valence-electron chi connectivity index (χ4n) is 3.86. The summed E-state index contributed by atoms with van der Waals surface area (Å²) in [4.78, 5) is 37.2. The van der Waals surface area contributed by atoms with E-state index in [1.165, 1.54) is 20.0 Å². The number of nitrogens with one attached hydrogen (secondary N) is 3. The lowest BCUT2D eigenvalue weighted by atomic mass is 10.0. The largest absolute Gasteiger partial charge is 0.475 e. The number of aromatic nitrogens is 3. The fourth-order valence-corrected chi connectivity index (χ4v) is 3.86. The summed E-state index contributed by atoms with van der Waals surface area (Å²) < 4.78 is 10.3. The van der Waals surface area contributed by atoms with E-state index in [1.54, 1.807) is 30.6 Å². The van der Waals surface area contributed by atoms with Gasteiger partial charge >= 0.3 is 12.1 Å². The molecule has 1 aliphatic rings. The minimum Gasteiger partial charge on any atom is -0.475 e. The zero-order chi connectivity index (χ0) is 27.1. The standard InChI is InChI=1S/C27H32N6O5/c1-17-21(15-20(16-30-17)31-25(35)29-9-7-27(2)5-6-27)19-12-22(32-24(14-19)38-11-10-34)18-4-8-28-23(13-18)33-26(36)37-3/h4,8,12-16,34H,5-7,9-11H2,1-3H3,(H,28,33,36)(H2,29,31,35). The van der Waals surface area contributed by atoms with Gasteiger partial charge < -0.3 is 25.2 Å². The summed E-state index contributed by atoms with van der Waals surface area (Å²) in [7, 11) is 1.27. The Bertz CT molecular complexity index is 1310. The molecule has 3 aromatic rings. The number of methoxy groups -OCH3 is 1. The average Bonchev–Trinajstić information content (AvgIpc) is 3.65. The molecule has 200 valence electrons. The van der Waals surface area contributed by atoms with E-state index in [2.05, 4.69) is 42.6 Å². The number of aryl methyl sites for hydroxylation is 1. The highest BCUT2D eigenvalue weighted by atomic mass is 16.5. The Balaban J connectivity index is 1.60. The molecule has 4 N–H and O–H groups in total. The molecule has 0 bridgehead atoms. The van der Waals surface area contributed by atoms with Crippen molar-refractivity contribution in [2.75, 3.05) is 37.5 Å². The Hall–Kier alpha value is -4.25. The molecule has 0 aliphatic heterocycles. The molecule has 1 saturated carbocycles. The second-order valence-electron chi connectivity index (χ2n) is 9.50. The van der Waals surface area contributed by atoms with E-state index in [0.29, 0.717) is 40.6 Å². The van der Waals surface area contributed by atoms with Gasteiger partial charge in [-0.15, -0.1) is 0 Å². The predicted molar refractivity (Wildman–Crippen MR) is 143 cm³/mol. The number of anilines is 2. The Morgan fingerprint density at radius 2 is 1.92 bits per heavy atom. The molecule has 4 rings (SSSR count). The van der Waals surface area contributed by atoms with Crippen molar-refractivity contribution in [2.45, 2.75) is 33.1 Å². The first-order valence-corrected chi connectivity index (χ1v) is 12.4. The molecule has 0 aromatic carbocycles. The summed E-state index contributed by atoms with van der Waals surface area (Å²) in [6, 6.07) is 8.57. The Morgan fingerprint density at radius 1 is 1.11 bits per heavy atom. The molecule has 0 saturated heterocycles. The molecule has 3 heterocycles. The molecule has 1 fully saturated rings. The van der Waals surface area contributed by atoms with Crippen LogP contribution in [0.4, 0.5) is 21.1 Å². The average molecular weight is 521 g/mol. The predicted octanol–water partition coefficient (Wildman–Crippen LogP) is 4.38. The Kier molecular flexibility index (Phi) is 8.37. The third-order valence-corrected chi connectivity index (χ3v) is 6.39. The number of nitrogens with zero attached hydrogens (tertiary/aromatic N) is 3. The number of aliphatic hydroxyl groups is 1. The first-order valence-electron chi connectivity index (χ1n) is 12.4. The van der Waals surface area contributed by atoms with E-state index >= 15 is 0 Å². The van der Waals surface area contributed by atoms with Crippen LogP contribution in [0.25, 0.3) is 22.4 Å². The number of ether oxygens (including phenoxy) is 2. The molecule has 0 atom stereocenters. The van der Waals surface area contributed by atoms with Crippen LogP contribution < -0.4 is 20.7 Å². The van der Waals surface area contributed by atoms with Gasteiger partial charge in [-0.2, -0.15) is 0 Å². The van der Waals surface area contributed by atoms with E-state index in [1.807, 2.05) is 19.1 Å². The summed E-state index contributed by atoms with van der Waals surface area (Å²) in [5.74, 6) is 0.597. The summed E-state index contributed by atoms with van der Waals surface area (Å²) in [5, 5.41) is 17.6. The summed E-state index contributed by atoms with van der Waals surface area (Å²) in [5.41, 5.74) is 4.40. The van der Waals surface area contributed by atoms with Gasteiger partial charge in [0.15, 0.2) is 0 Å². The number of rotatable bonds is 10. The van der Waals surface area contributed by atoms with Gasteiger partial charge in [-0.25, -0.2) is 19.6 Å². The van der Waals surface area contributed by atoms with Gasteiger partial charge in [-0.3, -0.25) is 10.3 Å². The zero-order valence-corrected chi connectivity index (χ0v) is 21.7. The molecule has 38 heavy (non-hydrogen) atoms. The van der Waals surface area contributed by atoms with Crippen molar-refractivity contribution in [3.05, 3.63) is 48.4 Å². The first-order chi connectivity index (χ1) is 18.3. The highest BCUT2D eigenvalue weighted by Crippen LogP contribution is 2.47. The van der Waals surface area contributed by atoms with Crippen molar-refractivity contribution in [3.63, 3.8) is 0 Å². The second kappa shape index (κ2) is 11.9. The van der Waals surface area contributed by atoms with E-state index in [9.17, 15) is 14.7 Å². The van der Waals surface area contributed by atoms with Crippen molar-refractivity contribution in [3.8, 4) is 28.3 Å². The van der Waals surface area contributed by atoms with Crippen LogP contribution in [0.15, 0.2) is 42.7 Å². The van der Waals surface area contributed by atoms with Gasteiger partial charge in [-0.05, 0) is 61.4 Å². The maximum absolute atomic E-state index is 12.4. The molecule has 11 nitrogen and oxygen atoms in total. The molecule has 3 amide bonds. The Morgan fingerprint density at radius 3 is 2.66 bits per heavy atom. The fraction of sp³-hybridized carbons (Fsp3) is 0.370. The SMILES string of the molecule is COC(=O)Nc1cc(-c2cc(-c3cc(NC(=O)NCCC4(C)CC4)cnc3C)cc(OCCO)n2)ccn1. The lowest BCUT2D eigenvalue weighted by Gasteiger charge is -2.14. The van der Waals surface area contributed by atoms with Gasteiger partial charge in [0, 0.05) is 35.6 Å². The second-order valence-corrected chi connectivity index (χ2v) is 9.50. The lowest BCUT2D eigenvalue weighted by molar-refractivity contribution is 0.187. The van der Waals surface area contributed by atoms with Crippen LogP contribution in [0.1, 0.15) is 31.9 Å².